The molecule has 7 nitrogen and oxygen atoms in total. The molecule has 0 aliphatic carbocycles. The first-order valence-electron chi connectivity index (χ1n) is 9.33. The lowest BCUT2D eigenvalue weighted by Crippen LogP contribution is -2.50. The standard InChI is InChI=1S/C21H26ClN3O4S/c1-15-8-10-17(11-9-15)13-24(16(2)21(27)23-3)20(26)14-25(30(4,28)29)19-7-5-6-18(22)12-19/h5-12,16H,13-14H2,1-4H3,(H,23,27). The first kappa shape index (κ1) is 23.7. The van der Waals surface area contributed by atoms with Crippen molar-refractivity contribution in [2.75, 3.05) is 24.2 Å². The topological polar surface area (TPSA) is 86.8 Å². The normalized spacial score (nSPS) is 12.2. The number of aryl methyl sites for hydroxylation is 1. The van der Waals surface area contributed by atoms with E-state index in [4.69, 9.17) is 11.6 Å². The van der Waals surface area contributed by atoms with E-state index in [0.29, 0.717) is 5.02 Å². The molecule has 2 aromatic carbocycles. The van der Waals surface area contributed by atoms with Crippen molar-refractivity contribution in [1.29, 1.82) is 0 Å². The van der Waals surface area contributed by atoms with Crippen molar-refractivity contribution in [3.8, 4) is 0 Å². The van der Waals surface area contributed by atoms with Crippen molar-refractivity contribution in [1.82, 2.24) is 10.2 Å². The third-order valence-electron chi connectivity index (χ3n) is 4.66. The Morgan fingerprint density at radius 1 is 1.13 bits per heavy atom. The van der Waals surface area contributed by atoms with Crippen LogP contribution in [0.15, 0.2) is 48.5 Å². The average Bonchev–Trinajstić information content (AvgIpc) is 2.69. The molecule has 9 heteroatoms. The molecule has 2 aromatic rings. The van der Waals surface area contributed by atoms with E-state index in [1.807, 2.05) is 31.2 Å². The van der Waals surface area contributed by atoms with Crippen molar-refractivity contribution in [2.45, 2.75) is 26.4 Å². The van der Waals surface area contributed by atoms with Gasteiger partial charge in [0.25, 0.3) is 0 Å². The minimum absolute atomic E-state index is 0.168. The molecule has 0 aliphatic heterocycles. The molecule has 0 radical (unpaired) electrons. The lowest BCUT2D eigenvalue weighted by atomic mass is 10.1. The molecule has 0 spiro atoms. The molecule has 0 bridgehead atoms. The van der Waals surface area contributed by atoms with Gasteiger partial charge in [0.15, 0.2) is 0 Å². The number of hydrogen-bond acceptors (Lipinski definition) is 4. The number of halogens is 1. The Hall–Kier alpha value is -2.58. The van der Waals surface area contributed by atoms with Gasteiger partial charge in [0.05, 0.1) is 11.9 Å². The molecule has 1 unspecified atom stereocenters. The summed E-state index contributed by atoms with van der Waals surface area (Å²) in [7, 11) is -2.28. The lowest BCUT2D eigenvalue weighted by Gasteiger charge is -2.31. The fourth-order valence-corrected chi connectivity index (χ4v) is 3.95. The van der Waals surface area contributed by atoms with E-state index in [0.717, 1.165) is 21.7 Å². The number of benzene rings is 2. The second-order valence-electron chi connectivity index (χ2n) is 7.05. The molecule has 0 fully saturated rings. The molecule has 162 valence electrons. The van der Waals surface area contributed by atoms with Crippen LogP contribution in [0.2, 0.25) is 5.02 Å². The number of nitrogens with zero attached hydrogens (tertiary/aromatic N) is 2. The van der Waals surface area contributed by atoms with Crippen LogP contribution in [0.1, 0.15) is 18.1 Å². The molecule has 0 saturated heterocycles. The number of rotatable bonds is 8. The van der Waals surface area contributed by atoms with Gasteiger partial charge in [0.2, 0.25) is 21.8 Å². The van der Waals surface area contributed by atoms with Gasteiger partial charge < -0.3 is 10.2 Å². The predicted molar refractivity (Wildman–Crippen MR) is 119 cm³/mol. The number of carbonyl (C=O) groups is 2. The van der Waals surface area contributed by atoms with Gasteiger partial charge >= 0.3 is 0 Å². The largest absolute Gasteiger partial charge is 0.357 e. The van der Waals surface area contributed by atoms with E-state index in [1.165, 1.54) is 18.0 Å². The van der Waals surface area contributed by atoms with Gasteiger partial charge in [-0.15, -0.1) is 0 Å². The van der Waals surface area contributed by atoms with Crippen LogP contribution in [0, 0.1) is 6.92 Å². The van der Waals surface area contributed by atoms with Crippen molar-refractivity contribution >= 4 is 39.1 Å². The van der Waals surface area contributed by atoms with Crippen LogP contribution in [-0.4, -0.2) is 51.0 Å². The summed E-state index contributed by atoms with van der Waals surface area (Å²) < 4.78 is 25.8. The Kier molecular flexibility index (Phi) is 7.86. The second kappa shape index (κ2) is 9.95. The van der Waals surface area contributed by atoms with Gasteiger partial charge in [-0.2, -0.15) is 0 Å². The fraction of sp³-hybridized carbons (Fsp3) is 0.333. The van der Waals surface area contributed by atoms with Gasteiger partial charge in [-0.1, -0.05) is 47.5 Å². The minimum atomic E-state index is -3.77. The van der Waals surface area contributed by atoms with Crippen molar-refractivity contribution in [2.24, 2.45) is 0 Å². The zero-order valence-corrected chi connectivity index (χ0v) is 19.0. The Labute approximate surface area is 182 Å². The first-order valence-corrected chi connectivity index (χ1v) is 11.6. The zero-order chi connectivity index (χ0) is 22.5. The maximum Gasteiger partial charge on any atom is 0.244 e. The number of nitrogens with one attached hydrogen (secondary N) is 1. The van der Waals surface area contributed by atoms with E-state index in [2.05, 4.69) is 5.32 Å². The molecule has 1 atom stereocenters. The van der Waals surface area contributed by atoms with E-state index < -0.39 is 28.5 Å². The summed E-state index contributed by atoms with van der Waals surface area (Å²) in [5, 5.41) is 2.89. The lowest BCUT2D eigenvalue weighted by molar-refractivity contribution is -0.139. The molecule has 2 amide bonds. The van der Waals surface area contributed by atoms with Gasteiger partial charge in [-0.05, 0) is 37.6 Å². The summed E-state index contributed by atoms with van der Waals surface area (Å²) in [6, 6.07) is 13.0. The number of anilines is 1. The van der Waals surface area contributed by atoms with Crippen molar-refractivity contribution in [3.63, 3.8) is 0 Å². The van der Waals surface area contributed by atoms with Crippen LogP contribution in [0.5, 0.6) is 0 Å². The molecule has 30 heavy (non-hydrogen) atoms. The number of hydrogen-bond donors (Lipinski definition) is 1. The van der Waals surface area contributed by atoms with Gasteiger partial charge in [-0.25, -0.2) is 8.42 Å². The molecule has 0 heterocycles. The molecular formula is C21H26ClN3O4S. The summed E-state index contributed by atoms with van der Waals surface area (Å²) in [6.07, 6.45) is 1.02. The maximum absolute atomic E-state index is 13.2. The Bertz CT molecular complexity index is 1010. The number of likely N-dealkylation sites (N-methyl/N-ethyl adjacent to an activating group) is 1. The second-order valence-corrected chi connectivity index (χ2v) is 9.39. The summed E-state index contributed by atoms with van der Waals surface area (Å²) in [4.78, 5) is 26.8. The zero-order valence-electron chi connectivity index (χ0n) is 17.4. The highest BCUT2D eigenvalue weighted by atomic mass is 35.5. The molecule has 0 saturated carbocycles. The monoisotopic (exact) mass is 451 g/mol. The molecule has 1 N–H and O–H groups in total. The van der Waals surface area contributed by atoms with Crippen LogP contribution in [0.25, 0.3) is 0 Å². The quantitative estimate of drug-likeness (QED) is 0.668. The third-order valence-corrected chi connectivity index (χ3v) is 6.04. The maximum atomic E-state index is 13.2. The number of sulfonamides is 1. The SMILES string of the molecule is CNC(=O)C(C)N(Cc1ccc(C)cc1)C(=O)CN(c1cccc(Cl)c1)S(C)(=O)=O. The summed E-state index contributed by atoms with van der Waals surface area (Å²) in [5.41, 5.74) is 2.18. The number of amides is 2. The fourth-order valence-electron chi connectivity index (χ4n) is 2.93. The van der Waals surface area contributed by atoms with Crippen LogP contribution in [0.4, 0.5) is 5.69 Å². The number of carbonyl (C=O) groups excluding carboxylic acids is 2. The van der Waals surface area contributed by atoms with Crippen LogP contribution in [-0.2, 0) is 26.2 Å². The minimum Gasteiger partial charge on any atom is -0.357 e. The van der Waals surface area contributed by atoms with Crippen LogP contribution in [0.3, 0.4) is 0 Å². The highest BCUT2D eigenvalue weighted by Crippen LogP contribution is 2.22. The average molecular weight is 452 g/mol. The Balaban J connectivity index is 2.36. The van der Waals surface area contributed by atoms with E-state index in [9.17, 15) is 18.0 Å². The van der Waals surface area contributed by atoms with Gasteiger partial charge in [0, 0.05) is 18.6 Å². The van der Waals surface area contributed by atoms with Gasteiger partial charge in [-0.3, -0.25) is 13.9 Å². The Morgan fingerprint density at radius 3 is 2.30 bits per heavy atom. The summed E-state index contributed by atoms with van der Waals surface area (Å²) >= 11 is 6.00. The molecule has 2 rings (SSSR count). The predicted octanol–water partition coefficient (Wildman–Crippen LogP) is 2.58. The van der Waals surface area contributed by atoms with Crippen molar-refractivity contribution < 1.29 is 18.0 Å². The highest BCUT2D eigenvalue weighted by Gasteiger charge is 2.29. The van der Waals surface area contributed by atoms with Crippen LogP contribution >= 0.6 is 11.6 Å². The van der Waals surface area contributed by atoms with Gasteiger partial charge in [0.1, 0.15) is 12.6 Å². The smallest absolute Gasteiger partial charge is 0.244 e. The van der Waals surface area contributed by atoms with Crippen molar-refractivity contribution in [3.05, 3.63) is 64.7 Å². The van der Waals surface area contributed by atoms with E-state index in [-0.39, 0.29) is 18.1 Å². The Morgan fingerprint density at radius 2 is 1.77 bits per heavy atom. The van der Waals surface area contributed by atoms with E-state index in [1.54, 1.807) is 25.1 Å². The van der Waals surface area contributed by atoms with E-state index >= 15 is 0 Å². The molecule has 0 aromatic heterocycles. The highest BCUT2D eigenvalue weighted by molar-refractivity contribution is 7.92. The first-order chi connectivity index (χ1) is 14.0. The molecule has 0 aliphatic rings. The summed E-state index contributed by atoms with van der Waals surface area (Å²) in [6.45, 7) is 3.27. The summed E-state index contributed by atoms with van der Waals surface area (Å²) in [5.74, 6) is -0.846. The van der Waals surface area contributed by atoms with Crippen LogP contribution < -0.4 is 9.62 Å². The molecular weight excluding hydrogens is 426 g/mol. The third kappa shape index (κ3) is 6.21.